The molecule has 2 aromatic carbocycles. The molecule has 0 radical (unpaired) electrons. The highest BCUT2D eigenvalue weighted by Crippen LogP contribution is 2.46. The fourth-order valence-corrected chi connectivity index (χ4v) is 4.27. The van der Waals surface area contributed by atoms with Gasteiger partial charge in [-0.2, -0.15) is 0 Å². The predicted octanol–water partition coefficient (Wildman–Crippen LogP) is 2.73. The zero-order chi connectivity index (χ0) is 17.8. The molecule has 0 spiro atoms. The summed E-state index contributed by atoms with van der Waals surface area (Å²) in [7, 11) is 3.22. The molecule has 0 aliphatic carbocycles. The van der Waals surface area contributed by atoms with Crippen molar-refractivity contribution in [3.05, 3.63) is 46.5 Å². The van der Waals surface area contributed by atoms with Gasteiger partial charge in [-0.1, -0.05) is 0 Å². The Hall–Kier alpha value is -2.73. The van der Waals surface area contributed by atoms with Gasteiger partial charge < -0.3 is 18.9 Å². The van der Waals surface area contributed by atoms with Gasteiger partial charge in [0.2, 0.25) is 6.79 Å². The van der Waals surface area contributed by atoms with Gasteiger partial charge in [0, 0.05) is 24.2 Å². The van der Waals surface area contributed by atoms with Crippen LogP contribution in [0, 0.1) is 0 Å². The van der Waals surface area contributed by atoms with E-state index >= 15 is 0 Å². The summed E-state index contributed by atoms with van der Waals surface area (Å²) in [6, 6.07) is 7.34. The molecular weight excluding hydrogens is 334 g/mol. The predicted molar refractivity (Wildman–Crippen MR) is 93.3 cm³/mol. The van der Waals surface area contributed by atoms with Crippen molar-refractivity contribution in [2.24, 2.45) is 0 Å². The average molecular weight is 353 g/mol. The molecule has 0 fully saturated rings. The third kappa shape index (κ3) is 2.05. The Morgan fingerprint density at radius 1 is 1.12 bits per heavy atom. The first-order valence-corrected chi connectivity index (χ1v) is 8.65. The molecule has 0 N–H and O–H groups in total. The summed E-state index contributed by atoms with van der Waals surface area (Å²) in [6.45, 7) is 1.70. The number of hydrogen-bond acceptors (Lipinski definition) is 6. The molecule has 26 heavy (non-hydrogen) atoms. The highest BCUT2D eigenvalue weighted by Gasteiger charge is 2.40. The fraction of sp³-hybridized carbons (Fsp3) is 0.350. The van der Waals surface area contributed by atoms with Crippen LogP contribution in [-0.2, 0) is 13.0 Å². The summed E-state index contributed by atoms with van der Waals surface area (Å²) in [5, 5.41) is 0. The van der Waals surface area contributed by atoms with Gasteiger partial charge in [-0.3, -0.25) is 9.69 Å². The van der Waals surface area contributed by atoms with Crippen LogP contribution in [-0.4, -0.2) is 38.2 Å². The Labute approximate surface area is 151 Å². The number of ether oxygens (including phenoxy) is 4. The zero-order valence-corrected chi connectivity index (χ0v) is 14.7. The second kappa shape index (κ2) is 5.64. The van der Waals surface area contributed by atoms with E-state index in [1.165, 1.54) is 0 Å². The molecule has 0 amide bonds. The minimum atomic E-state index is -0.293. The van der Waals surface area contributed by atoms with E-state index in [1.54, 1.807) is 20.3 Å². The molecule has 0 aromatic heterocycles. The lowest BCUT2D eigenvalue weighted by Gasteiger charge is -2.40. The molecule has 3 aliphatic rings. The number of ketones is 1. The van der Waals surface area contributed by atoms with Gasteiger partial charge in [0.05, 0.1) is 20.3 Å². The first kappa shape index (κ1) is 15.5. The molecule has 3 aliphatic heterocycles. The zero-order valence-electron chi connectivity index (χ0n) is 14.7. The number of benzene rings is 2. The van der Waals surface area contributed by atoms with E-state index in [-0.39, 0.29) is 18.6 Å². The number of nitrogens with zero attached hydrogens (tertiary/aromatic N) is 1. The lowest BCUT2D eigenvalue weighted by atomic mass is 9.82. The van der Waals surface area contributed by atoms with Crippen LogP contribution in [0.25, 0.3) is 0 Å². The van der Waals surface area contributed by atoms with E-state index in [4.69, 9.17) is 18.9 Å². The quantitative estimate of drug-likeness (QED) is 0.827. The first-order valence-electron chi connectivity index (χ1n) is 8.65. The first-order chi connectivity index (χ1) is 12.7. The molecule has 6 heteroatoms. The summed E-state index contributed by atoms with van der Waals surface area (Å²) in [5.74, 6) is 2.88. The Morgan fingerprint density at radius 3 is 2.69 bits per heavy atom. The Morgan fingerprint density at radius 2 is 1.92 bits per heavy atom. The second-order valence-electron chi connectivity index (χ2n) is 6.72. The summed E-state index contributed by atoms with van der Waals surface area (Å²) in [4.78, 5) is 15.6. The Bertz CT molecular complexity index is 923. The van der Waals surface area contributed by atoms with Crippen molar-refractivity contribution in [2.75, 3.05) is 27.6 Å². The van der Waals surface area contributed by atoms with Crippen molar-refractivity contribution in [2.45, 2.75) is 19.0 Å². The number of hydrogen-bond donors (Lipinski definition) is 0. The van der Waals surface area contributed by atoms with Crippen LogP contribution in [0.1, 0.15) is 33.1 Å². The van der Waals surface area contributed by atoms with Gasteiger partial charge in [0.25, 0.3) is 0 Å². The van der Waals surface area contributed by atoms with Gasteiger partial charge in [-0.05, 0) is 41.8 Å². The summed E-state index contributed by atoms with van der Waals surface area (Å²) < 4.78 is 22.0. The van der Waals surface area contributed by atoms with E-state index in [1.807, 2.05) is 18.2 Å². The van der Waals surface area contributed by atoms with Gasteiger partial charge in [-0.25, -0.2) is 0 Å². The van der Waals surface area contributed by atoms with Crippen LogP contribution in [0.4, 0.5) is 0 Å². The monoisotopic (exact) mass is 353 g/mol. The molecule has 3 heterocycles. The Kier molecular flexibility index (Phi) is 3.37. The van der Waals surface area contributed by atoms with Gasteiger partial charge in [0.1, 0.15) is 0 Å². The number of rotatable bonds is 2. The second-order valence-corrected chi connectivity index (χ2v) is 6.72. The third-order valence-electron chi connectivity index (χ3n) is 5.49. The number of methoxy groups -OCH3 is 2. The Balaban J connectivity index is 1.64. The van der Waals surface area contributed by atoms with Crippen LogP contribution in [0.3, 0.4) is 0 Å². The lowest BCUT2D eigenvalue weighted by molar-refractivity contribution is 0.0743. The maximum atomic E-state index is 13.4. The minimum absolute atomic E-state index is 0.0898. The minimum Gasteiger partial charge on any atom is -0.493 e. The standard InChI is InChI=1S/C20H19NO5/c1-23-15-4-3-12-14(20(15)24-2)9-21-6-5-11-7-16-17(26-10-25-16)8-13(11)18(21)19(12)22/h3-4,7-8,18H,5-6,9-10H2,1-2H3/t18-/m1/s1. The van der Waals surface area contributed by atoms with Crippen molar-refractivity contribution in [3.8, 4) is 23.0 Å². The maximum Gasteiger partial charge on any atom is 0.231 e. The van der Waals surface area contributed by atoms with Crippen LogP contribution >= 0.6 is 0 Å². The molecule has 134 valence electrons. The molecule has 5 rings (SSSR count). The van der Waals surface area contributed by atoms with Gasteiger partial charge in [0.15, 0.2) is 28.8 Å². The number of carbonyl (C=O) groups is 1. The van der Waals surface area contributed by atoms with Crippen molar-refractivity contribution in [1.29, 1.82) is 0 Å². The van der Waals surface area contributed by atoms with Gasteiger partial charge in [-0.15, -0.1) is 0 Å². The van der Waals surface area contributed by atoms with E-state index in [9.17, 15) is 4.79 Å². The van der Waals surface area contributed by atoms with Crippen molar-refractivity contribution in [3.63, 3.8) is 0 Å². The van der Waals surface area contributed by atoms with Crippen molar-refractivity contribution in [1.82, 2.24) is 4.90 Å². The molecular formula is C20H19NO5. The molecule has 0 saturated heterocycles. The van der Waals surface area contributed by atoms with Crippen molar-refractivity contribution < 1.29 is 23.7 Å². The number of Topliss-reactive ketones (excluding diaryl/α,β-unsaturated/α-hetero) is 1. The molecule has 6 nitrogen and oxygen atoms in total. The normalized spacial score (nSPS) is 20.2. The summed E-state index contributed by atoms with van der Waals surface area (Å²) in [5.41, 5.74) is 3.78. The molecule has 2 aromatic rings. The number of fused-ring (bicyclic) bond motifs is 5. The van der Waals surface area contributed by atoms with Crippen LogP contribution < -0.4 is 18.9 Å². The third-order valence-corrected chi connectivity index (χ3v) is 5.49. The molecule has 1 atom stereocenters. The van der Waals surface area contributed by atoms with Gasteiger partial charge >= 0.3 is 0 Å². The van der Waals surface area contributed by atoms with E-state index in [0.29, 0.717) is 23.6 Å². The maximum absolute atomic E-state index is 13.4. The summed E-state index contributed by atoms with van der Waals surface area (Å²) in [6.07, 6.45) is 0.872. The molecule has 0 saturated carbocycles. The SMILES string of the molecule is COc1ccc2c(c1OC)CN1CCc3cc4c(cc3[C@@H]1C2=O)OCO4. The van der Waals surface area contributed by atoms with E-state index in [0.717, 1.165) is 41.2 Å². The van der Waals surface area contributed by atoms with E-state index < -0.39 is 0 Å². The highest BCUT2D eigenvalue weighted by atomic mass is 16.7. The van der Waals surface area contributed by atoms with Crippen LogP contribution in [0.5, 0.6) is 23.0 Å². The van der Waals surface area contributed by atoms with Crippen LogP contribution in [0.2, 0.25) is 0 Å². The van der Waals surface area contributed by atoms with Crippen molar-refractivity contribution >= 4 is 5.78 Å². The smallest absolute Gasteiger partial charge is 0.231 e. The highest BCUT2D eigenvalue weighted by molar-refractivity contribution is 6.04. The fourth-order valence-electron chi connectivity index (χ4n) is 4.27. The average Bonchev–Trinajstić information content (AvgIpc) is 3.12. The summed E-state index contributed by atoms with van der Waals surface area (Å²) >= 11 is 0. The van der Waals surface area contributed by atoms with Crippen LogP contribution in [0.15, 0.2) is 24.3 Å². The topological polar surface area (TPSA) is 57.2 Å². The molecule has 0 unspecified atom stereocenters. The lowest BCUT2D eigenvalue weighted by Crippen LogP contribution is -2.43. The van der Waals surface area contributed by atoms with E-state index in [2.05, 4.69) is 4.90 Å². The number of carbonyl (C=O) groups excluding carboxylic acids is 1. The molecule has 0 bridgehead atoms. The largest absolute Gasteiger partial charge is 0.493 e.